The van der Waals surface area contributed by atoms with Crippen molar-refractivity contribution in [3.8, 4) is 0 Å². The number of unbranched alkanes of at least 4 members (excludes halogenated alkanes) is 6. The molecule has 0 aromatic carbocycles. The minimum Gasteiger partial charge on any atom is -0.301 e. The zero-order valence-corrected chi connectivity index (χ0v) is 13.4. The highest BCUT2D eigenvalue weighted by Crippen LogP contribution is 2.15. The van der Waals surface area contributed by atoms with Gasteiger partial charge in [0.25, 0.3) is 5.56 Å². The molecular formula is C14H24N2OS2. The molecular weight excluding hydrogens is 276 g/mol. The first-order chi connectivity index (χ1) is 9.22. The van der Waals surface area contributed by atoms with Gasteiger partial charge >= 0.3 is 0 Å². The van der Waals surface area contributed by atoms with Crippen LogP contribution in [0.5, 0.6) is 0 Å². The summed E-state index contributed by atoms with van der Waals surface area (Å²) in [5.74, 6) is 2.04. The minimum atomic E-state index is -0.0563. The normalized spacial score (nSPS) is 10.8. The standard InChI is InChI=1S/C14H24N2OS2/c1-12-11-13(17)16-14(15-12)19-10-8-6-4-2-3-5-7-9-18/h11,18H,2-10H2,1H3,(H,15,16,17). The molecule has 1 aromatic heterocycles. The van der Waals surface area contributed by atoms with E-state index in [9.17, 15) is 4.79 Å². The third-order valence-electron chi connectivity index (χ3n) is 2.89. The van der Waals surface area contributed by atoms with Crippen LogP contribution in [0, 0.1) is 6.92 Å². The molecule has 3 nitrogen and oxygen atoms in total. The van der Waals surface area contributed by atoms with Crippen molar-refractivity contribution in [1.29, 1.82) is 0 Å². The second-order valence-corrected chi connectivity index (χ2v) is 6.27. The van der Waals surface area contributed by atoms with Crippen molar-refractivity contribution in [2.75, 3.05) is 11.5 Å². The number of aryl methyl sites for hydroxylation is 1. The van der Waals surface area contributed by atoms with E-state index in [2.05, 4.69) is 22.6 Å². The summed E-state index contributed by atoms with van der Waals surface area (Å²) in [6.45, 7) is 1.85. The lowest BCUT2D eigenvalue weighted by atomic mass is 10.1. The maximum absolute atomic E-state index is 11.3. The molecule has 0 atom stereocenters. The third kappa shape index (κ3) is 8.37. The van der Waals surface area contributed by atoms with E-state index in [-0.39, 0.29) is 5.56 Å². The van der Waals surface area contributed by atoms with E-state index in [1.54, 1.807) is 11.8 Å². The van der Waals surface area contributed by atoms with E-state index < -0.39 is 0 Å². The number of aromatic amines is 1. The van der Waals surface area contributed by atoms with Crippen molar-refractivity contribution in [1.82, 2.24) is 9.97 Å². The van der Waals surface area contributed by atoms with Gasteiger partial charge in [-0.2, -0.15) is 12.6 Å². The molecule has 1 aromatic rings. The first-order valence-electron chi connectivity index (χ1n) is 7.04. The van der Waals surface area contributed by atoms with E-state index >= 15 is 0 Å². The zero-order valence-electron chi connectivity index (χ0n) is 11.7. The number of nitrogens with zero attached hydrogens (tertiary/aromatic N) is 1. The first-order valence-corrected chi connectivity index (χ1v) is 8.66. The Labute approximate surface area is 125 Å². The van der Waals surface area contributed by atoms with Gasteiger partial charge in [0.15, 0.2) is 5.16 Å². The van der Waals surface area contributed by atoms with Gasteiger partial charge in [-0.25, -0.2) is 4.98 Å². The van der Waals surface area contributed by atoms with Gasteiger partial charge in [-0.15, -0.1) is 0 Å². The Kier molecular flexibility index (Phi) is 9.08. The monoisotopic (exact) mass is 300 g/mol. The Hall–Kier alpha value is -0.420. The van der Waals surface area contributed by atoms with Crippen LogP contribution in [0.25, 0.3) is 0 Å². The number of thiol groups is 1. The number of rotatable bonds is 10. The van der Waals surface area contributed by atoms with Gasteiger partial charge in [-0.3, -0.25) is 4.79 Å². The molecule has 0 bridgehead atoms. The SMILES string of the molecule is Cc1cc(=O)[nH]c(SCCCCCCCCCS)n1. The average Bonchev–Trinajstić information content (AvgIpc) is 2.36. The molecule has 0 saturated heterocycles. The summed E-state index contributed by atoms with van der Waals surface area (Å²) in [6.07, 6.45) is 8.99. The lowest BCUT2D eigenvalue weighted by molar-refractivity contribution is 0.605. The molecule has 0 unspecified atom stereocenters. The fourth-order valence-electron chi connectivity index (χ4n) is 1.89. The highest BCUT2D eigenvalue weighted by atomic mass is 32.2. The van der Waals surface area contributed by atoms with Gasteiger partial charge in [-0.1, -0.05) is 43.9 Å². The van der Waals surface area contributed by atoms with Gasteiger partial charge in [0.05, 0.1) is 0 Å². The Morgan fingerprint density at radius 2 is 1.79 bits per heavy atom. The van der Waals surface area contributed by atoms with Gasteiger partial charge < -0.3 is 4.98 Å². The second-order valence-electron chi connectivity index (χ2n) is 4.74. The molecule has 1 heterocycles. The van der Waals surface area contributed by atoms with Crippen molar-refractivity contribution in [3.05, 3.63) is 22.1 Å². The lowest BCUT2D eigenvalue weighted by Crippen LogP contribution is -2.08. The van der Waals surface area contributed by atoms with Crippen LogP contribution in [0.4, 0.5) is 0 Å². The topological polar surface area (TPSA) is 45.8 Å². The molecule has 0 aliphatic rings. The highest BCUT2D eigenvalue weighted by Gasteiger charge is 1.99. The molecule has 0 aliphatic carbocycles. The van der Waals surface area contributed by atoms with Gasteiger partial charge in [0.1, 0.15) is 0 Å². The number of nitrogens with one attached hydrogen (secondary N) is 1. The lowest BCUT2D eigenvalue weighted by Gasteiger charge is -2.02. The predicted octanol–water partition coefficient (Wildman–Crippen LogP) is 3.83. The summed E-state index contributed by atoms with van der Waals surface area (Å²) in [4.78, 5) is 18.3. The van der Waals surface area contributed by atoms with Crippen LogP contribution in [0.3, 0.4) is 0 Å². The Morgan fingerprint density at radius 3 is 2.42 bits per heavy atom. The summed E-state index contributed by atoms with van der Waals surface area (Å²) in [5, 5.41) is 0.749. The summed E-state index contributed by atoms with van der Waals surface area (Å²) in [7, 11) is 0. The highest BCUT2D eigenvalue weighted by molar-refractivity contribution is 7.99. The van der Waals surface area contributed by atoms with Crippen molar-refractivity contribution >= 4 is 24.4 Å². The molecule has 0 aliphatic heterocycles. The van der Waals surface area contributed by atoms with Crippen LogP contribution in [-0.2, 0) is 0 Å². The molecule has 0 fully saturated rings. The van der Waals surface area contributed by atoms with Crippen molar-refractivity contribution in [2.45, 2.75) is 57.0 Å². The number of hydrogen-bond donors (Lipinski definition) is 2. The van der Waals surface area contributed by atoms with Crippen molar-refractivity contribution < 1.29 is 0 Å². The summed E-state index contributed by atoms with van der Waals surface area (Å²) in [6, 6.07) is 1.52. The molecule has 1 rings (SSSR count). The molecule has 0 amide bonds. The van der Waals surface area contributed by atoms with Crippen LogP contribution in [0.1, 0.15) is 50.6 Å². The Bertz CT molecular complexity index is 407. The second kappa shape index (κ2) is 10.4. The number of aromatic nitrogens is 2. The van der Waals surface area contributed by atoms with Crippen LogP contribution in [0.2, 0.25) is 0 Å². The maximum atomic E-state index is 11.3. The molecule has 0 saturated carbocycles. The average molecular weight is 300 g/mol. The van der Waals surface area contributed by atoms with E-state index in [1.165, 1.54) is 51.0 Å². The Morgan fingerprint density at radius 1 is 1.16 bits per heavy atom. The van der Waals surface area contributed by atoms with Crippen molar-refractivity contribution in [3.63, 3.8) is 0 Å². The van der Waals surface area contributed by atoms with E-state index in [1.807, 2.05) is 6.92 Å². The number of thioether (sulfide) groups is 1. The smallest absolute Gasteiger partial charge is 0.251 e. The third-order valence-corrected chi connectivity index (χ3v) is 4.17. The Balaban J connectivity index is 2.03. The largest absolute Gasteiger partial charge is 0.301 e. The molecule has 108 valence electrons. The molecule has 5 heteroatoms. The summed E-state index contributed by atoms with van der Waals surface area (Å²) >= 11 is 5.85. The predicted molar refractivity (Wildman–Crippen MR) is 86.5 cm³/mol. The molecule has 19 heavy (non-hydrogen) atoms. The van der Waals surface area contributed by atoms with Crippen LogP contribution in [-0.4, -0.2) is 21.5 Å². The number of H-pyrrole nitrogens is 1. The zero-order chi connectivity index (χ0) is 13.9. The van der Waals surface area contributed by atoms with E-state index in [4.69, 9.17) is 0 Å². The molecule has 0 radical (unpaired) electrons. The van der Waals surface area contributed by atoms with Gasteiger partial charge in [-0.05, 0) is 25.5 Å². The van der Waals surface area contributed by atoms with Gasteiger partial charge in [0, 0.05) is 17.5 Å². The van der Waals surface area contributed by atoms with Crippen LogP contribution >= 0.6 is 24.4 Å². The summed E-state index contributed by atoms with van der Waals surface area (Å²) in [5.41, 5.74) is 0.731. The minimum absolute atomic E-state index is 0.0563. The van der Waals surface area contributed by atoms with E-state index in [0.29, 0.717) is 0 Å². The van der Waals surface area contributed by atoms with Crippen LogP contribution < -0.4 is 5.56 Å². The van der Waals surface area contributed by atoms with Crippen LogP contribution in [0.15, 0.2) is 16.0 Å². The summed E-state index contributed by atoms with van der Waals surface area (Å²) < 4.78 is 0. The first kappa shape index (κ1) is 16.6. The molecule has 1 N–H and O–H groups in total. The fraction of sp³-hybridized carbons (Fsp3) is 0.714. The maximum Gasteiger partial charge on any atom is 0.251 e. The quantitative estimate of drug-likeness (QED) is 0.299. The van der Waals surface area contributed by atoms with Gasteiger partial charge in [0.2, 0.25) is 0 Å². The number of hydrogen-bond acceptors (Lipinski definition) is 4. The fourth-order valence-corrected chi connectivity index (χ4v) is 3.03. The van der Waals surface area contributed by atoms with E-state index in [0.717, 1.165) is 22.4 Å². The van der Waals surface area contributed by atoms with Crippen molar-refractivity contribution in [2.24, 2.45) is 0 Å². The molecule has 0 spiro atoms.